The summed E-state index contributed by atoms with van der Waals surface area (Å²) in [5.41, 5.74) is 8.29. The van der Waals surface area contributed by atoms with Gasteiger partial charge in [-0.1, -0.05) is 20.8 Å². The number of carbonyl (C=O) groups is 1. The van der Waals surface area contributed by atoms with Crippen LogP contribution in [-0.2, 0) is 13.5 Å². The molecule has 0 radical (unpaired) electrons. The zero-order valence-corrected chi connectivity index (χ0v) is 20.8. The monoisotopic (exact) mass is 457 g/mol. The molecule has 32 heavy (non-hydrogen) atoms. The summed E-state index contributed by atoms with van der Waals surface area (Å²) in [6.07, 6.45) is 7.19. The number of nitrogens with two attached hydrogens (primary N) is 1. The molecule has 3 heterocycles. The maximum atomic E-state index is 11.8. The lowest BCUT2D eigenvalue weighted by atomic mass is 10.0. The highest BCUT2D eigenvalue weighted by Gasteiger charge is 2.30. The second kappa shape index (κ2) is 11.0. The Morgan fingerprint density at radius 1 is 1.41 bits per heavy atom. The average molecular weight is 458 g/mol. The molecule has 9 heteroatoms. The minimum absolute atomic E-state index is 0.215. The summed E-state index contributed by atoms with van der Waals surface area (Å²) in [6.45, 7) is 9.36. The summed E-state index contributed by atoms with van der Waals surface area (Å²) in [6, 6.07) is 2.46. The maximum Gasteiger partial charge on any atom is 0.254 e. The third kappa shape index (κ3) is 5.73. The van der Waals surface area contributed by atoms with Crippen molar-refractivity contribution in [1.82, 2.24) is 25.0 Å². The molecule has 0 aromatic carbocycles. The van der Waals surface area contributed by atoms with Crippen molar-refractivity contribution >= 4 is 32.1 Å². The number of hydrogen-bond acceptors (Lipinski definition) is 5. The fourth-order valence-corrected chi connectivity index (χ4v) is 4.48. The lowest BCUT2D eigenvalue weighted by Crippen LogP contribution is -2.31. The number of likely N-dealkylation sites (tertiary alicyclic amines) is 1. The molecule has 0 bridgehead atoms. The van der Waals surface area contributed by atoms with Gasteiger partial charge in [0.25, 0.3) is 5.91 Å². The Kier molecular flexibility index (Phi) is 8.38. The molecule has 1 aliphatic heterocycles. The van der Waals surface area contributed by atoms with Gasteiger partial charge in [-0.2, -0.15) is 5.10 Å². The fourth-order valence-electron chi connectivity index (χ4n) is 4.23. The molecule has 3 N–H and O–H groups in total. The first-order chi connectivity index (χ1) is 15.3. The first-order valence-electron chi connectivity index (χ1n) is 11.4. The number of carbonyl (C=O) groups excluding carboxylic acids is 1. The van der Waals surface area contributed by atoms with Gasteiger partial charge in [-0.3, -0.25) is 14.5 Å². The van der Waals surface area contributed by atoms with Crippen LogP contribution in [0.4, 0.5) is 5.82 Å². The van der Waals surface area contributed by atoms with E-state index in [1.54, 1.807) is 11.7 Å². The van der Waals surface area contributed by atoms with Gasteiger partial charge < -0.3 is 16.0 Å². The molecule has 1 saturated heterocycles. The molecule has 2 aromatic heterocycles. The highest BCUT2D eigenvalue weighted by Crippen LogP contribution is 2.35. The molecule has 1 unspecified atom stereocenters. The number of nitrogens with one attached hydrogen (secondary N) is 1. The van der Waals surface area contributed by atoms with E-state index in [1.807, 2.05) is 6.20 Å². The van der Waals surface area contributed by atoms with Gasteiger partial charge in [-0.05, 0) is 42.2 Å². The topological polar surface area (TPSA) is 101 Å². The SMILES string of the molecule is CCC(=Nc1c(C(N)=O)cnn1C)N1CCC[C@@H]1c1cc(P)cnc1CCNCC(C)C. The van der Waals surface area contributed by atoms with Gasteiger partial charge in [0.1, 0.15) is 11.4 Å². The van der Waals surface area contributed by atoms with Crippen LogP contribution in [-0.4, -0.2) is 51.0 Å². The summed E-state index contributed by atoms with van der Waals surface area (Å²) in [5.74, 6) is 1.57. The number of aromatic nitrogens is 3. The van der Waals surface area contributed by atoms with E-state index in [0.29, 0.717) is 17.3 Å². The van der Waals surface area contributed by atoms with E-state index in [1.165, 1.54) is 11.8 Å². The third-order valence-electron chi connectivity index (χ3n) is 5.78. The van der Waals surface area contributed by atoms with Crippen LogP contribution >= 0.6 is 9.24 Å². The molecule has 1 aliphatic rings. The van der Waals surface area contributed by atoms with Gasteiger partial charge in [-0.25, -0.2) is 4.99 Å². The minimum Gasteiger partial charge on any atom is -0.365 e. The molecule has 2 aromatic rings. The van der Waals surface area contributed by atoms with Gasteiger partial charge in [-0.15, -0.1) is 9.24 Å². The number of amidine groups is 1. The van der Waals surface area contributed by atoms with Crippen molar-refractivity contribution in [3.05, 3.63) is 35.3 Å². The van der Waals surface area contributed by atoms with Gasteiger partial charge in [0, 0.05) is 44.9 Å². The van der Waals surface area contributed by atoms with Crippen molar-refractivity contribution in [3.8, 4) is 0 Å². The van der Waals surface area contributed by atoms with E-state index in [-0.39, 0.29) is 6.04 Å². The Hall–Kier alpha value is -2.31. The lowest BCUT2D eigenvalue weighted by Gasteiger charge is -2.29. The van der Waals surface area contributed by atoms with Crippen LogP contribution in [0.3, 0.4) is 0 Å². The number of rotatable bonds is 9. The van der Waals surface area contributed by atoms with Crippen LogP contribution in [0, 0.1) is 5.92 Å². The molecule has 0 saturated carbocycles. The van der Waals surface area contributed by atoms with Crippen molar-refractivity contribution in [1.29, 1.82) is 0 Å². The normalized spacial score (nSPS) is 16.9. The Bertz CT molecular complexity index is 969. The lowest BCUT2D eigenvalue weighted by molar-refractivity contribution is 0.100. The summed E-state index contributed by atoms with van der Waals surface area (Å²) in [5, 5.41) is 8.79. The Balaban J connectivity index is 1.90. The minimum atomic E-state index is -0.513. The van der Waals surface area contributed by atoms with Crippen molar-refractivity contribution < 1.29 is 4.79 Å². The average Bonchev–Trinajstić information content (AvgIpc) is 3.37. The summed E-state index contributed by atoms with van der Waals surface area (Å²) < 4.78 is 1.61. The molecule has 2 atom stereocenters. The first kappa shape index (κ1) is 24.3. The van der Waals surface area contributed by atoms with Crippen molar-refractivity contribution in [2.75, 3.05) is 19.6 Å². The highest BCUT2D eigenvalue weighted by molar-refractivity contribution is 7.27. The number of primary amides is 1. The summed E-state index contributed by atoms with van der Waals surface area (Å²) >= 11 is 0. The van der Waals surface area contributed by atoms with Crippen LogP contribution in [0.1, 0.15) is 67.7 Å². The number of aliphatic imine (C=N–C) groups is 1. The van der Waals surface area contributed by atoms with Gasteiger partial charge >= 0.3 is 0 Å². The van der Waals surface area contributed by atoms with E-state index >= 15 is 0 Å². The van der Waals surface area contributed by atoms with Crippen LogP contribution in [0.2, 0.25) is 0 Å². The van der Waals surface area contributed by atoms with Crippen molar-refractivity contribution in [2.45, 2.75) is 52.5 Å². The maximum absolute atomic E-state index is 11.8. The van der Waals surface area contributed by atoms with E-state index in [9.17, 15) is 4.79 Å². The zero-order valence-electron chi connectivity index (χ0n) is 19.6. The van der Waals surface area contributed by atoms with Gasteiger partial charge in [0.05, 0.1) is 12.2 Å². The largest absolute Gasteiger partial charge is 0.365 e. The Morgan fingerprint density at radius 3 is 2.88 bits per heavy atom. The van der Waals surface area contributed by atoms with E-state index < -0.39 is 5.91 Å². The standard InChI is InChI=1S/C23H36N7OP/c1-5-21(28-23-18(22(24)31)14-27-29(23)4)30-10-6-7-20(30)17-11-16(32)13-26-19(17)8-9-25-12-15(2)3/h11,13-15,20,25H,5-10,12,32H2,1-4H3,(H2,24,31)/t20-/m1/s1. The number of nitrogens with zero attached hydrogens (tertiary/aromatic N) is 5. The van der Waals surface area contributed by atoms with Crippen LogP contribution in [0.15, 0.2) is 23.5 Å². The quantitative estimate of drug-likeness (QED) is 0.261. The predicted octanol–water partition coefficient (Wildman–Crippen LogP) is 2.48. The number of hydrogen-bond donors (Lipinski definition) is 2. The van der Waals surface area contributed by atoms with Crippen LogP contribution in [0.5, 0.6) is 0 Å². The van der Waals surface area contributed by atoms with Gasteiger partial charge in [0.2, 0.25) is 0 Å². The zero-order chi connectivity index (χ0) is 23.3. The summed E-state index contributed by atoms with van der Waals surface area (Å²) in [4.78, 5) is 23.8. The predicted molar refractivity (Wildman–Crippen MR) is 133 cm³/mol. The van der Waals surface area contributed by atoms with Crippen LogP contribution in [0.25, 0.3) is 0 Å². The van der Waals surface area contributed by atoms with Crippen molar-refractivity contribution in [2.24, 2.45) is 23.7 Å². The van der Waals surface area contributed by atoms with Crippen molar-refractivity contribution in [3.63, 3.8) is 0 Å². The smallest absolute Gasteiger partial charge is 0.254 e. The molecule has 1 fully saturated rings. The van der Waals surface area contributed by atoms with E-state index in [2.05, 4.69) is 51.4 Å². The number of amides is 1. The number of aryl methyl sites for hydroxylation is 1. The number of pyridine rings is 1. The van der Waals surface area contributed by atoms with Crippen LogP contribution < -0.4 is 16.4 Å². The Labute approximate surface area is 193 Å². The third-order valence-corrected chi connectivity index (χ3v) is 6.10. The molecule has 3 rings (SSSR count). The fraction of sp³-hybridized carbons (Fsp3) is 0.565. The second-order valence-corrected chi connectivity index (χ2v) is 9.42. The molecular formula is C23H36N7OP. The Morgan fingerprint density at radius 2 is 2.19 bits per heavy atom. The molecular weight excluding hydrogens is 421 g/mol. The van der Waals surface area contributed by atoms with E-state index in [0.717, 1.165) is 62.2 Å². The van der Waals surface area contributed by atoms with E-state index in [4.69, 9.17) is 15.7 Å². The van der Waals surface area contributed by atoms with Gasteiger partial charge in [0.15, 0.2) is 5.82 Å². The molecule has 8 nitrogen and oxygen atoms in total. The molecule has 1 amide bonds. The second-order valence-electron chi connectivity index (χ2n) is 8.76. The molecule has 0 aliphatic carbocycles. The first-order valence-corrected chi connectivity index (χ1v) is 12.0. The molecule has 174 valence electrons. The highest BCUT2D eigenvalue weighted by atomic mass is 31.0. The molecule has 0 spiro atoms. The summed E-state index contributed by atoms with van der Waals surface area (Å²) in [7, 11) is 4.55.